The predicted octanol–water partition coefficient (Wildman–Crippen LogP) is 8.68. The van der Waals surface area contributed by atoms with Crippen molar-refractivity contribution in [1.82, 2.24) is 0 Å². The highest BCUT2D eigenvalue weighted by Crippen LogP contribution is 2.34. The third-order valence-corrected chi connectivity index (χ3v) is 7.13. The van der Waals surface area contributed by atoms with Gasteiger partial charge in [-0.2, -0.15) is 0 Å². The maximum absolute atomic E-state index is 2.33. The van der Waals surface area contributed by atoms with Crippen molar-refractivity contribution in [3.05, 3.63) is 0 Å². The van der Waals surface area contributed by atoms with Gasteiger partial charge >= 0.3 is 0 Å². The first-order valence-corrected chi connectivity index (χ1v) is 11.9. The normalized spacial score (nSPS) is 20.8. The van der Waals surface area contributed by atoms with Crippen molar-refractivity contribution in [3.63, 3.8) is 0 Å². The van der Waals surface area contributed by atoms with Gasteiger partial charge < -0.3 is 0 Å². The monoisotopic (exact) mass is 334 g/mol. The fourth-order valence-electron chi connectivity index (χ4n) is 5.36. The molecule has 2 aliphatic rings. The Morgan fingerprint density at radius 3 is 1.58 bits per heavy atom. The van der Waals surface area contributed by atoms with E-state index in [0.29, 0.717) is 0 Å². The zero-order valence-corrected chi connectivity index (χ0v) is 16.9. The molecule has 0 amide bonds. The Morgan fingerprint density at radius 1 is 0.583 bits per heavy atom. The van der Waals surface area contributed by atoms with Crippen molar-refractivity contribution < 1.29 is 0 Å². The third-order valence-electron chi connectivity index (χ3n) is 7.13. The van der Waals surface area contributed by atoms with E-state index >= 15 is 0 Å². The van der Waals surface area contributed by atoms with Crippen molar-refractivity contribution in [1.29, 1.82) is 0 Å². The topological polar surface area (TPSA) is 0 Å². The van der Waals surface area contributed by atoms with Gasteiger partial charge in [0.05, 0.1) is 0 Å². The summed E-state index contributed by atoms with van der Waals surface area (Å²) < 4.78 is 0. The standard InChI is InChI=1S/C24H46/c1-2-3-4-5-8-17-24(20-18-22-13-9-6-10-14-22)21-19-23-15-11-7-12-16-23/h22-24H,2-21H2,1H3. The Kier molecular flexibility index (Phi) is 11.2. The fourth-order valence-corrected chi connectivity index (χ4v) is 5.36. The minimum atomic E-state index is 1.07. The number of hydrogen-bond donors (Lipinski definition) is 0. The van der Waals surface area contributed by atoms with E-state index in [9.17, 15) is 0 Å². The number of unbranched alkanes of at least 4 members (excludes halogenated alkanes) is 4. The van der Waals surface area contributed by atoms with E-state index in [2.05, 4.69) is 6.92 Å². The summed E-state index contributed by atoms with van der Waals surface area (Å²) in [5, 5.41) is 0. The first kappa shape index (κ1) is 20.3. The van der Waals surface area contributed by atoms with E-state index in [4.69, 9.17) is 0 Å². The summed E-state index contributed by atoms with van der Waals surface area (Å²) in [6.07, 6.45) is 30.4. The van der Waals surface area contributed by atoms with Gasteiger partial charge in [0.25, 0.3) is 0 Å². The maximum Gasteiger partial charge on any atom is -0.0414 e. The fraction of sp³-hybridized carbons (Fsp3) is 1.00. The molecule has 0 radical (unpaired) electrons. The summed E-state index contributed by atoms with van der Waals surface area (Å²) in [7, 11) is 0. The van der Waals surface area contributed by atoms with Crippen molar-refractivity contribution >= 4 is 0 Å². The van der Waals surface area contributed by atoms with Crippen LogP contribution in [0.2, 0.25) is 0 Å². The summed E-state index contributed by atoms with van der Waals surface area (Å²) >= 11 is 0. The Hall–Kier alpha value is 0. The van der Waals surface area contributed by atoms with E-state index < -0.39 is 0 Å². The van der Waals surface area contributed by atoms with E-state index in [1.54, 1.807) is 57.8 Å². The highest BCUT2D eigenvalue weighted by Gasteiger charge is 2.19. The van der Waals surface area contributed by atoms with E-state index in [-0.39, 0.29) is 0 Å². The molecule has 2 fully saturated rings. The summed E-state index contributed by atoms with van der Waals surface area (Å²) in [4.78, 5) is 0. The van der Waals surface area contributed by atoms with Gasteiger partial charge in [0, 0.05) is 0 Å². The smallest absolute Gasteiger partial charge is 0.0414 e. The SMILES string of the molecule is CCCCCCCC(CCC1CCCCC1)CCC1CCCCC1. The van der Waals surface area contributed by atoms with Gasteiger partial charge in [-0.15, -0.1) is 0 Å². The lowest BCUT2D eigenvalue weighted by atomic mass is 9.79. The average Bonchev–Trinajstić information content (AvgIpc) is 2.65. The molecular weight excluding hydrogens is 288 g/mol. The first-order chi connectivity index (χ1) is 11.9. The molecule has 0 heterocycles. The zero-order valence-electron chi connectivity index (χ0n) is 16.9. The highest BCUT2D eigenvalue weighted by molar-refractivity contribution is 4.72. The Balaban J connectivity index is 1.65. The largest absolute Gasteiger partial charge is 0.0654 e. The van der Waals surface area contributed by atoms with Crippen LogP contribution in [0.3, 0.4) is 0 Å². The molecular formula is C24H46. The summed E-state index contributed by atoms with van der Waals surface area (Å²) in [5.41, 5.74) is 0. The molecule has 0 aliphatic heterocycles. The van der Waals surface area contributed by atoms with E-state index in [1.807, 2.05) is 0 Å². The second kappa shape index (κ2) is 13.2. The molecule has 142 valence electrons. The molecule has 0 atom stereocenters. The van der Waals surface area contributed by atoms with Crippen LogP contribution in [0.15, 0.2) is 0 Å². The molecule has 2 saturated carbocycles. The molecule has 0 aromatic carbocycles. The van der Waals surface area contributed by atoms with Crippen LogP contribution in [0, 0.1) is 17.8 Å². The molecule has 0 spiro atoms. The van der Waals surface area contributed by atoms with Gasteiger partial charge in [-0.3, -0.25) is 0 Å². The zero-order chi connectivity index (χ0) is 16.9. The molecule has 2 aliphatic carbocycles. The molecule has 0 nitrogen and oxygen atoms in total. The maximum atomic E-state index is 2.33. The molecule has 24 heavy (non-hydrogen) atoms. The Bertz CT molecular complexity index is 248. The highest BCUT2D eigenvalue weighted by atomic mass is 14.2. The Morgan fingerprint density at radius 2 is 1.08 bits per heavy atom. The molecule has 0 unspecified atom stereocenters. The van der Waals surface area contributed by atoms with Gasteiger partial charge in [-0.1, -0.05) is 135 Å². The molecule has 0 saturated heterocycles. The summed E-state index contributed by atoms with van der Waals surface area (Å²) in [6.45, 7) is 2.33. The molecule has 2 rings (SSSR count). The van der Waals surface area contributed by atoms with Crippen molar-refractivity contribution in [3.8, 4) is 0 Å². The lowest BCUT2D eigenvalue weighted by Gasteiger charge is -2.27. The summed E-state index contributed by atoms with van der Waals surface area (Å²) in [6, 6.07) is 0. The van der Waals surface area contributed by atoms with Gasteiger partial charge in [-0.25, -0.2) is 0 Å². The van der Waals surface area contributed by atoms with Crippen LogP contribution in [0.5, 0.6) is 0 Å². The third kappa shape index (κ3) is 8.91. The quantitative estimate of drug-likeness (QED) is 0.313. The van der Waals surface area contributed by atoms with Crippen molar-refractivity contribution in [2.24, 2.45) is 17.8 Å². The van der Waals surface area contributed by atoms with E-state index in [1.165, 1.54) is 70.6 Å². The van der Waals surface area contributed by atoms with Crippen LogP contribution in [0.4, 0.5) is 0 Å². The number of hydrogen-bond acceptors (Lipinski definition) is 0. The van der Waals surface area contributed by atoms with Crippen LogP contribution in [-0.4, -0.2) is 0 Å². The van der Waals surface area contributed by atoms with Crippen LogP contribution in [0.1, 0.15) is 135 Å². The molecule has 0 bridgehead atoms. The van der Waals surface area contributed by atoms with Crippen molar-refractivity contribution in [2.45, 2.75) is 135 Å². The predicted molar refractivity (Wildman–Crippen MR) is 108 cm³/mol. The molecule has 0 heteroatoms. The second-order valence-electron chi connectivity index (χ2n) is 9.23. The molecule has 0 N–H and O–H groups in total. The van der Waals surface area contributed by atoms with Crippen LogP contribution in [-0.2, 0) is 0 Å². The minimum absolute atomic E-state index is 1.07. The molecule has 0 aromatic heterocycles. The van der Waals surface area contributed by atoms with Crippen LogP contribution in [0.25, 0.3) is 0 Å². The summed E-state index contributed by atoms with van der Waals surface area (Å²) in [5.74, 6) is 3.25. The van der Waals surface area contributed by atoms with Gasteiger partial charge in [-0.05, 0) is 17.8 Å². The van der Waals surface area contributed by atoms with Crippen LogP contribution < -0.4 is 0 Å². The average molecular weight is 335 g/mol. The Labute approximate surface area is 153 Å². The lowest BCUT2D eigenvalue weighted by molar-refractivity contribution is 0.263. The first-order valence-electron chi connectivity index (χ1n) is 11.9. The van der Waals surface area contributed by atoms with E-state index in [0.717, 1.165) is 17.8 Å². The second-order valence-corrected chi connectivity index (χ2v) is 9.23. The van der Waals surface area contributed by atoms with Crippen LogP contribution >= 0.6 is 0 Å². The van der Waals surface area contributed by atoms with Crippen molar-refractivity contribution in [2.75, 3.05) is 0 Å². The minimum Gasteiger partial charge on any atom is -0.0654 e. The number of rotatable bonds is 12. The van der Waals surface area contributed by atoms with Gasteiger partial charge in [0.1, 0.15) is 0 Å². The molecule has 0 aromatic rings. The van der Waals surface area contributed by atoms with Gasteiger partial charge in [0.15, 0.2) is 0 Å². The van der Waals surface area contributed by atoms with Gasteiger partial charge in [0.2, 0.25) is 0 Å². The lowest BCUT2D eigenvalue weighted by Crippen LogP contribution is -2.12.